The van der Waals surface area contributed by atoms with Gasteiger partial charge in [0.2, 0.25) is 0 Å². The van der Waals surface area contributed by atoms with E-state index in [1.165, 1.54) is 5.57 Å². The zero-order chi connectivity index (χ0) is 9.78. The van der Waals surface area contributed by atoms with Gasteiger partial charge in [0, 0.05) is 21.3 Å². The van der Waals surface area contributed by atoms with Gasteiger partial charge >= 0.3 is 8.80 Å². The van der Waals surface area contributed by atoms with Crippen molar-refractivity contribution in [3.63, 3.8) is 0 Å². The summed E-state index contributed by atoms with van der Waals surface area (Å²) in [7, 11) is 2.35. The molecule has 3 nitrogen and oxygen atoms in total. The van der Waals surface area contributed by atoms with Crippen molar-refractivity contribution in [2.75, 3.05) is 21.3 Å². The molecular weight excluding hydrogens is 172 g/mol. The fraction of sp³-hybridized carbons (Fsp3) is 0.750. The van der Waals surface area contributed by atoms with Crippen LogP contribution in [0.5, 0.6) is 0 Å². The van der Waals surface area contributed by atoms with Crippen molar-refractivity contribution in [3.05, 3.63) is 10.8 Å². The van der Waals surface area contributed by atoms with Crippen LogP contribution in [0.2, 0.25) is 0 Å². The monoisotopic (exact) mass is 190 g/mol. The largest absolute Gasteiger partial charge is 0.531 e. The third-order valence-corrected chi connectivity index (χ3v) is 5.05. The Morgan fingerprint density at radius 3 is 1.25 bits per heavy atom. The quantitative estimate of drug-likeness (QED) is 0.632. The lowest BCUT2D eigenvalue weighted by Gasteiger charge is -2.25. The van der Waals surface area contributed by atoms with Gasteiger partial charge < -0.3 is 13.3 Å². The van der Waals surface area contributed by atoms with Crippen LogP contribution in [0.25, 0.3) is 0 Å². The van der Waals surface area contributed by atoms with E-state index in [1.54, 1.807) is 21.3 Å². The first-order valence-corrected chi connectivity index (χ1v) is 5.56. The summed E-state index contributed by atoms with van der Waals surface area (Å²) in [6.45, 7) is 6.03. The average Bonchev–Trinajstić information content (AvgIpc) is 2.08. The molecule has 0 fully saturated rings. The highest BCUT2D eigenvalue weighted by Crippen LogP contribution is 2.19. The second-order valence-corrected chi connectivity index (χ2v) is 5.88. The van der Waals surface area contributed by atoms with Crippen molar-refractivity contribution in [2.45, 2.75) is 20.8 Å². The van der Waals surface area contributed by atoms with Crippen LogP contribution in [0.3, 0.4) is 0 Å². The first kappa shape index (κ1) is 11.8. The first-order valence-electron chi connectivity index (χ1n) is 3.84. The van der Waals surface area contributed by atoms with Crippen molar-refractivity contribution in [3.8, 4) is 0 Å². The van der Waals surface area contributed by atoms with Gasteiger partial charge in [0.05, 0.1) is 0 Å². The van der Waals surface area contributed by atoms with Gasteiger partial charge in [-0.3, -0.25) is 0 Å². The Bertz CT molecular complexity index is 161. The highest BCUT2D eigenvalue weighted by atomic mass is 28.4. The Morgan fingerprint density at radius 2 is 1.17 bits per heavy atom. The second kappa shape index (κ2) is 4.76. The zero-order valence-electron chi connectivity index (χ0n) is 8.72. The maximum atomic E-state index is 5.30. The van der Waals surface area contributed by atoms with Crippen molar-refractivity contribution in [1.29, 1.82) is 0 Å². The van der Waals surface area contributed by atoms with Crippen molar-refractivity contribution in [2.24, 2.45) is 0 Å². The summed E-state index contributed by atoms with van der Waals surface area (Å²) in [5.41, 5.74) is 1.19. The van der Waals surface area contributed by atoms with E-state index in [0.29, 0.717) is 0 Å². The molecule has 0 aliphatic carbocycles. The van der Waals surface area contributed by atoms with E-state index in [4.69, 9.17) is 13.3 Å². The fourth-order valence-electron chi connectivity index (χ4n) is 1.02. The molecule has 72 valence electrons. The highest BCUT2D eigenvalue weighted by molar-refractivity contribution is 6.68. The first-order chi connectivity index (χ1) is 5.54. The van der Waals surface area contributed by atoms with Crippen LogP contribution in [-0.4, -0.2) is 30.1 Å². The van der Waals surface area contributed by atoms with Crippen molar-refractivity contribution < 1.29 is 13.3 Å². The maximum Gasteiger partial charge on any atom is 0.531 e. The molecule has 0 aliphatic rings. The molecule has 0 unspecified atom stereocenters. The lowest BCUT2D eigenvalue weighted by molar-refractivity contribution is 0.134. The lowest BCUT2D eigenvalue weighted by Crippen LogP contribution is -2.45. The van der Waals surface area contributed by atoms with E-state index in [0.717, 1.165) is 5.20 Å². The van der Waals surface area contributed by atoms with E-state index in [9.17, 15) is 0 Å². The third-order valence-electron chi connectivity index (χ3n) is 2.02. The van der Waals surface area contributed by atoms with Gasteiger partial charge in [-0.25, -0.2) is 0 Å². The molecule has 0 aliphatic heterocycles. The van der Waals surface area contributed by atoms with Gasteiger partial charge in [-0.2, -0.15) is 0 Å². The van der Waals surface area contributed by atoms with Gasteiger partial charge in [-0.05, 0) is 26.0 Å². The van der Waals surface area contributed by atoms with Crippen LogP contribution in [0.4, 0.5) is 0 Å². The molecule has 0 saturated heterocycles. The zero-order valence-corrected chi connectivity index (χ0v) is 9.72. The van der Waals surface area contributed by atoms with Crippen LogP contribution < -0.4 is 0 Å². The summed E-state index contributed by atoms with van der Waals surface area (Å²) in [6, 6.07) is 0. The Kier molecular flexibility index (Phi) is 4.70. The Morgan fingerprint density at radius 1 is 0.833 bits per heavy atom. The van der Waals surface area contributed by atoms with Gasteiger partial charge in [0.1, 0.15) is 0 Å². The number of allylic oxidation sites excluding steroid dienone is 2. The summed E-state index contributed by atoms with van der Waals surface area (Å²) in [5.74, 6) is 0. The summed E-state index contributed by atoms with van der Waals surface area (Å²) < 4.78 is 15.9. The fourth-order valence-corrected chi connectivity index (χ4v) is 3.05. The molecule has 0 heterocycles. The summed E-state index contributed by atoms with van der Waals surface area (Å²) in [5, 5.41) is 1.08. The van der Waals surface area contributed by atoms with Crippen LogP contribution in [0.1, 0.15) is 20.8 Å². The number of hydrogen-bond donors (Lipinski definition) is 0. The predicted octanol–water partition coefficient (Wildman–Crippen LogP) is 1.76. The molecule has 0 N–H and O–H groups in total. The topological polar surface area (TPSA) is 27.7 Å². The Labute approximate surface area is 75.7 Å². The van der Waals surface area contributed by atoms with Gasteiger partial charge in [0.25, 0.3) is 0 Å². The molecule has 0 spiro atoms. The second-order valence-electron chi connectivity index (χ2n) is 2.79. The maximum absolute atomic E-state index is 5.30. The minimum atomic E-state index is -2.50. The standard InChI is InChI=1S/C8H18O3Si/c1-7(2)8(3)12(9-4,10-5)11-6/h1-6H3. The van der Waals surface area contributed by atoms with Crippen LogP contribution in [0.15, 0.2) is 10.8 Å². The highest BCUT2D eigenvalue weighted by Gasteiger charge is 2.40. The van der Waals surface area contributed by atoms with Crippen LogP contribution in [-0.2, 0) is 13.3 Å². The normalized spacial score (nSPS) is 11.5. The van der Waals surface area contributed by atoms with E-state index >= 15 is 0 Å². The molecule has 0 radical (unpaired) electrons. The minimum absolute atomic E-state index is 1.08. The molecule has 0 atom stereocenters. The molecular formula is C8H18O3Si. The SMILES string of the molecule is CO[Si](OC)(OC)C(C)=C(C)C. The molecule has 0 aromatic carbocycles. The summed E-state index contributed by atoms with van der Waals surface area (Å²) >= 11 is 0. The van der Waals surface area contributed by atoms with Gasteiger partial charge in [-0.15, -0.1) is 0 Å². The molecule has 0 bridgehead atoms. The Hall–Kier alpha value is -0.163. The van der Waals surface area contributed by atoms with Crippen LogP contribution in [0, 0.1) is 0 Å². The molecule has 0 rings (SSSR count). The smallest absolute Gasteiger partial charge is 0.374 e. The molecule has 12 heavy (non-hydrogen) atoms. The summed E-state index contributed by atoms with van der Waals surface area (Å²) in [4.78, 5) is 0. The van der Waals surface area contributed by atoms with Crippen LogP contribution >= 0.6 is 0 Å². The van der Waals surface area contributed by atoms with E-state index in [1.807, 2.05) is 20.8 Å². The Balaban J connectivity index is 4.84. The molecule has 4 heteroatoms. The molecule has 0 aromatic rings. The average molecular weight is 190 g/mol. The van der Waals surface area contributed by atoms with E-state index in [2.05, 4.69) is 0 Å². The van der Waals surface area contributed by atoms with E-state index in [-0.39, 0.29) is 0 Å². The lowest BCUT2D eigenvalue weighted by atomic mass is 10.3. The molecule has 0 aromatic heterocycles. The molecule has 0 saturated carbocycles. The number of rotatable bonds is 4. The van der Waals surface area contributed by atoms with Crippen molar-refractivity contribution >= 4 is 8.80 Å². The van der Waals surface area contributed by atoms with Gasteiger partial charge in [0.15, 0.2) is 0 Å². The van der Waals surface area contributed by atoms with E-state index < -0.39 is 8.80 Å². The van der Waals surface area contributed by atoms with Crippen molar-refractivity contribution in [1.82, 2.24) is 0 Å². The third kappa shape index (κ3) is 2.16. The number of hydrogen-bond acceptors (Lipinski definition) is 3. The summed E-state index contributed by atoms with van der Waals surface area (Å²) in [6.07, 6.45) is 0. The van der Waals surface area contributed by atoms with Gasteiger partial charge in [-0.1, -0.05) is 5.57 Å². The minimum Gasteiger partial charge on any atom is -0.374 e. The predicted molar refractivity (Wildman–Crippen MR) is 50.8 cm³/mol. The molecule has 0 amide bonds.